The molecular formula is C20H29N5O2. The smallest absolute Gasteiger partial charge is 0.267 e. The molecule has 3 heterocycles. The highest BCUT2D eigenvalue weighted by atomic mass is 16.5. The molecule has 0 spiro atoms. The maximum absolute atomic E-state index is 12.4. The molecular weight excluding hydrogens is 342 g/mol. The molecule has 0 unspecified atom stereocenters. The number of hydrogen-bond donors (Lipinski definition) is 1. The third-order valence-electron chi connectivity index (χ3n) is 5.77. The Bertz CT molecular complexity index is 829. The molecule has 0 radical (unpaired) electrons. The summed E-state index contributed by atoms with van der Waals surface area (Å²) in [5.41, 5.74) is 1.95. The fourth-order valence-corrected chi connectivity index (χ4v) is 4.34. The Balaban J connectivity index is 1.44. The molecule has 2 fully saturated rings. The standard InChI is InChI=1S/C20H29N5O2/c1-14-13-15(2)24(22-14)19-7-8-20(26)25(23-19)18-5-3-16(4-6-18)21-17-9-11-27-12-10-17/h7-8,13,16-18,21H,3-6,9-12H2,1-2H3. The van der Waals surface area contributed by atoms with Gasteiger partial charge in [-0.15, -0.1) is 5.10 Å². The average Bonchev–Trinajstić information content (AvgIpc) is 3.02. The molecule has 4 rings (SSSR count). The zero-order valence-corrected chi connectivity index (χ0v) is 16.2. The number of rotatable bonds is 4. The maximum atomic E-state index is 12.4. The van der Waals surface area contributed by atoms with E-state index in [9.17, 15) is 4.79 Å². The van der Waals surface area contributed by atoms with Gasteiger partial charge in [0.25, 0.3) is 5.56 Å². The van der Waals surface area contributed by atoms with Crippen molar-refractivity contribution in [1.82, 2.24) is 24.9 Å². The number of aryl methyl sites for hydroxylation is 2. The van der Waals surface area contributed by atoms with E-state index in [1.165, 1.54) is 0 Å². The summed E-state index contributed by atoms with van der Waals surface area (Å²) in [6, 6.07) is 6.68. The Hall–Kier alpha value is -1.99. The van der Waals surface area contributed by atoms with Crippen molar-refractivity contribution in [2.24, 2.45) is 0 Å². The lowest BCUT2D eigenvalue weighted by Crippen LogP contribution is -2.44. The number of nitrogens with one attached hydrogen (secondary N) is 1. The van der Waals surface area contributed by atoms with E-state index in [1.54, 1.807) is 16.8 Å². The summed E-state index contributed by atoms with van der Waals surface area (Å²) in [5.74, 6) is 0.711. The summed E-state index contributed by atoms with van der Waals surface area (Å²) in [5, 5.41) is 12.9. The van der Waals surface area contributed by atoms with Crippen molar-refractivity contribution < 1.29 is 4.74 Å². The van der Waals surface area contributed by atoms with Gasteiger partial charge in [0.2, 0.25) is 0 Å². The first-order valence-electron chi connectivity index (χ1n) is 10.1. The van der Waals surface area contributed by atoms with E-state index in [0.717, 1.165) is 63.1 Å². The molecule has 2 aliphatic rings. The molecule has 0 bridgehead atoms. The molecule has 0 atom stereocenters. The van der Waals surface area contributed by atoms with E-state index in [0.29, 0.717) is 17.9 Å². The summed E-state index contributed by atoms with van der Waals surface area (Å²) in [7, 11) is 0. The number of ether oxygens (including phenoxy) is 1. The molecule has 1 saturated heterocycles. The van der Waals surface area contributed by atoms with Crippen LogP contribution in [0.5, 0.6) is 0 Å². The highest BCUT2D eigenvalue weighted by molar-refractivity contribution is 5.24. The molecule has 0 amide bonds. The minimum absolute atomic E-state index is 0.0267. The first-order valence-corrected chi connectivity index (χ1v) is 10.1. The minimum Gasteiger partial charge on any atom is -0.381 e. The van der Waals surface area contributed by atoms with Crippen molar-refractivity contribution in [3.63, 3.8) is 0 Å². The third kappa shape index (κ3) is 4.14. The monoisotopic (exact) mass is 371 g/mol. The van der Waals surface area contributed by atoms with Crippen LogP contribution >= 0.6 is 0 Å². The average molecular weight is 371 g/mol. The van der Waals surface area contributed by atoms with Crippen LogP contribution in [0.4, 0.5) is 0 Å². The molecule has 1 saturated carbocycles. The van der Waals surface area contributed by atoms with Gasteiger partial charge in [-0.1, -0.05) is 0 Å². The fraction of sp³-hybridized carbons (Fsp3) is 0.650. The first kappa shape index (κ1) is 18.4. The molecule has 146 valence electrons. The van der Waals surface area contributed by atoms with Crippen molar-refractivity contribution in [3.8, 4) is 5.82 Å². The van der Waals surface area contributed by atoms with Gasteiger partial charge in [0, 0.05) is 37.1 Å². The topological polar surface area (TPSA) is 74.0 Å². The lowest BCUT2D eigenvalue weighted by atomic mass is 9.90. The van der Waals surface area contributed by atoms with Gasteiger partial charge in [0.15, 0.2) is 5.82 Å². The van der Waals surface area contributed by atoms with Gasteiger partial charge in [-0.05, 0) is 64.5 Å². The van der Waals surface area contributed by atoms with Crippen LogP contribution in [-0.2, 0) is 4.74 Å². The van der Waals surface area contributed by atoms with Gasteiger partial charge in [-0.2, -0.15) is 5.10 Å². The molecule has 1 N–H and O–H groups in total. The van der Waals surface area contributed by atoms with E-state index in [4.69, 9.17) is 4.74 Å². The van der Waals surface area contributed by atoms with Crippen molar-refractivity contribution in [3.05, 3.63) is 39.9 Å². The Morgan fingerprint density at radius 1 is 1.00 bits per heavy atom. The lowest BCUT2D eigenvalue weighted by Gasteiger charge is -2.33. The SMILES string of the molecule is Cc1cc(C)n(-c2ccc(=O)n(C3CCC(NC4CCOCC4)CC3)n2)n1. The van der Waals surface area contributed by atoms with Crippen LogP contribution in [0.1, 0.15) is 56.0 Å². The number of hydrogen-bond acceptors (Lipinski definition) is 5. The molecule has 2 aromatic heterocycles. The van der Waals surface area contributed by atoms with Crippen LogP contribution < -0.4 is 10.9 Å². The van der Waals surface area contributed by atoms with Gasteiger partial charge >= 0.3 is 0 Å². The largest absolute Gasteiger partial charge is 0.381 e. The molecule has 7 heteroatoms. The number of nitrogens with zero attached hydrogens (tertiary/aromatic N) is 4. The van der Waals surface area contributed by atoms with Crippen molar-refractivity contribution >= 4 is 0 Å². The van der Waals surface area contributed by atoms with Crippen LogP contribution in [0, 0.1) is 13.8 Å². The zero-order chi connectivity index (χ0) is 18.8. The molecule has 1 aliphatic heterocycles. The van der Waals surface area contributed by atoms with Crippen molar-refractivity contribution in [2.45, 2.75) is 70.5 Å². The first-order chi connectivity index (χ1) is 13.1. The van der Waals surface area contributed by atoms with E-state index in [-0.39, 0.29) is 11.6 Å². The number of aromatic nitrogens is 4. The summed E-state index contributed by atoms with van der Waals surface area (Å²) in [6.07, 6.45) is 6.33. The van der Waals surface area contributed by atoms with Gasteiger partial charge in [0.05, 0.1) is 11.7 Å². The Morgan fingerprint density at radius 3 is 2.37 bits per heavy atom. The summed E-state index contributed by atoms with van der Waals surface area (Å²) in [4.78, 5) is 12.4. The predicted octanol–water partition coefficient (Wildman–Crippen LogP) is 2.30. The van der Waals surface area contributed by atoms with Gasteiger partial charge in [0.1, 0.15) is 0 Å². The molecule has 2 aromatic rings. The lowest BCUT2D eigenvalue weighted by molar-refractivity contribution is 0.0722. The Labute approximate surface area is 159 Å². The van der Waals surface area contributed by atoms with Gasteiger partial charge in [-0.3, -0.25) is 4.79 Å². The zero-order valence-electron chi connectivity index (χ0n) is 16.2. The second kappa shape index (κ2) is 7.94. The summed E-state index contributed by atoms with van der Waals surface area (Å²) < 4.78 is 8.93. The van der Waals surface area contributed by atoms with E-state index >= 15 is 0 Å². The Morgan fingerprint density at radius 2 is 1.70 bits per heavy atom. The summed E-state index contributed by atoms with van der Waals surface area (Å²) >= 11 is 0. The van der Waals surface area contributed by atoms with Crippen molar-refractivity contribution in [1.29, 1.82) is 0 Å². The normalized spacial score (nSPS) is 24.2. The Kier molecular flexibility index (Phi) is 5.41. The van der Waals surface area contributed by atoms with Crippen LogP contribution in [0.3, 0.4) is 0 Å². The fourth-order valence-electron chi connectivity index (χ4n) is 4.34. The molecule has 0 aromatic carbocycles. The highest BCUT2D eigenvalue weighted by Gasteiger charge is 2.26. The van der Waals surface area contributed by atoms with Crippen molar-refractivity contribution in [2.75, 3.05) is 13.2 Å². The highest BCUT2D eigenvalue weighted by Crippen LogP contribution is 2.28. The van der Waals surface area contributed by atoms with E-state index in [1.807, 2.05) is 24.6 Å². The van der Waals surface area contributed by atoms with Crippen LogP contribution in [0.25, 0.3) is 5.82 Å². The molecule has 7 nitrogen and oxygen atoms in total. The van der Waals surface area contributed by atoms with E-state index in [2.05, 4.69) is 15.5 Å². The van der Waals surface area contributed by atoms with E-state index < -0.39 is 0 Å². The van der Waals surface area contributed by atoms with Gasteiger partial charge < -0.3 is 10.1 Å². The van der Waals surface area contributed by atoms with Crippen LogP contribution in [0.15, 0.2) is 23.0 Å². The maximum Gasteiger partial charge on any atom is 0.267 e. The minimum atomic E-state index is -0.0267. The third-order valence-corrected chi connectivity index (χ3v) is 5.77. The van der Waals surface area contributed by atoms with Gasteiger partial charge in [-0.25, -0.2) is 9.36 Å². The molecule has 1 aliphatic carbocycles. The second-order valence-electron chi connectivity index (χ2n) is 7.87. The second-order valence-corrected chi connectivity index (χ2v) is 7.87. The van der Waals surface area contributed by atoms with Crippen LogP contribution in [-0.4, -0.2) is 44.9 Å². The predicted molar refractivity (Wildman–Crippen MR) is 103 cm³/mol. The van der Waals surface area contributed by atoms with Crippen LogP contribution in [0.2, 0.25) is 0 Å². The summed E-state index contributed by atoms with van der Waals surface area (Å²) in [6.45, 7) is 5.70. The quantitative estimate of drug-likeness (QED) is 0.893. The molecule has 27 heavy (non-hydrogen) atoms.